The fraction of sp³-hybridized carbons (Fsp3) is 0.222. The van der Waals surface area contributed by atoms with E-state index in [-0.39, 0.29) is 0 Å². The summed E-state index contributed by atoms with van der Waals surface area (Å²) < 4.78 is 1.80. The van der Waals surface area contributed by atoms with Crippen molar-refractivity contribution in [3.05, 3.63) is 33.0 Å². The van der Waals surface area contributed by atoms with Crippen molar-refractivity contribution in [2.75, 3.05) is 0 Å². The number of aromatic nitrogens is 1. The molecule has 1 rings (SSSR count). The van der Waals surface area contributed by atoms with E-state index in [1.165, 1.54) is 0 Å². The van der Waals surface area contributed by atoms with Crippen LogP contribution in [0.5, 0.6) is 0 Å². The summed E-state index contributed by atoms with van der Waals surface area (Å²) in [6, 6.07) is 0. The van der Waals surface area contributed by atoms with Crippen LogP contribution in [0.3, 0.4) is 0 Å². The number of aliphatic hydroxyl groups is 1. The molecular formula is C9H9Br2NO. The number of rotatable bonds is 2. The molecule has 1 atom stereocenters. The maximum Gasteiger partial charge on any atom is 0.0696 e. The lowest BCUT2D eigenvalue weighted by atomic mass is 10.2. The highest BCUT2D eigenvalue weighted by Gasteiger charge is 2.01. The first-order valence-electron chi connectivity index (χ1n) is 3.76. The lowest BCUT2D eigenvalue weighted by Gasteiger charge is -2.01. The van der Waals surface area contributed by atoms with Crippen LogP contribution in [-0.2, 0) is 0 Å². The molecule has 2 nitrogen and oxygen atoms in total. The zero-order chi connectivity index (χ0) is 9.84. The van der Waals surface area contributed by atoms with Crippen LogP contribution in [0.25, 0.3) is 6.08 Å². The van der Waals surface area contributed by atoms with E-state index in [1.807, 2.05) is 6.08 Å². The predicted octanol–water partition coefficient (Wildman–Crippen LogP) is 3.00. The summed E-state index contributed by atoms with van der Waals surface area (Å²) >= 11 is 6.74. The summed E-state index contributed by atoms with van der Waals surface area (Å²) in [5, 5.41) is 9.06. The third kappa shape index (κ3) is 3.21. The van der Waals surface area contributed by atoms with Crippen molar-refractivity contribution in [2.45, 2.75) is 13.0 Å². The molecule has 13 heavy (non-hydrogen) atoms. The topological polar surface area (TPSA) is 33.1 Å². The average Bonchev–Trinajstić information content (AvgIpc) is 2.03. The van der Waals surface area contributed by atoms with E-state index in [9.17, 15) is 0 Å². The van der Waals surface area contributed by atoms with Crippen LogP contribution in [0.2, 0.25) is 0 Å². The number of halogens is 2. The minimum absolute atomic E-state index is 0.438. The monoisotopic (exact) mass is 305 g/mol. The Morgan fingerprint density at radius 2 is 1.92 bits per heavy atom. The van der Waals surface area contributed by atoms with Crippen molar-refractivity contribution in [3.8, 4) is 0 Å². The SMILES string of the molecule is CC(O)/C=C/c1c(Br)cncc1Br. The number of hydrogen-bond donors (Lipinski definition) is 1. The van der Waals surface area contributed by atoms with Gasteiger partial charge in [0.05, 0.1) is 6.10 Å². The molecule has 0 spiro atoms. The van der Waals surface area contributed by atoms with Gasteiger partial charge in [0.1, 0.15) is 0 Å². The molecule has 0 aliphatic rings. The molecule has 0 saturated heterocycles. The summed E-state index contributed by atoms with van der Waals surface area (Å²) in [5.74, 6) is 0. The van der Waals surface area contributed by atoms with E-state index in [1.54, 1.807) is 25.4 Å². The minimum atomic E-state index is -0.438. The highest BCUT2D eigenvalue weighted by molar-refractivity contribution is 9.11. The van der Waals surface area contributed by atoms with E-state index in [2.05, 4.69) is 36.8 Å². The molecule has 1 aromatic rings. The molecule has 0 saturated carbocycles. The molecule has 0 aliphatic heterocycles. The first kappa shape index (κ1) is 10.9. The summed E-state index contributed by atoms with van der Waals surface area (Å²) in [6.45, 7) is 1.71. The third-order valence-electron chi connectivity index (χ3n) is 1.43. The Morgan fingerprint density at radius 3 is 2.38 bits per heavy atom. The quantitative estimate of drug-likeness (QED) is 0.911. The molecule has 0 bridgehead atoms. The van der Waals surface area contributed by atoms with Crippen molar-refractivity contribution >= 4 is 37.9 Å². The van der Waals surface area contributed by atoms with E-state index >= 15 is 0 Å². The molecule has 0 aromatic carbocycles. The van der Waals surface area contributed by atoms with E-state index in [0.29, 0.717) is 0 Å². The lowest BCUT2D eigenvalue weighted by molar-refractivity contribution is 0.245. The molecule has 0 fully saturated rings. The Morgan fingerprint density at radius 1 is 1.38 bits per heavy atom. The van der Waals surface area contributed by atoms with Crippen molar-refractivity contribution in [3.63, 3.8) is 0 Å². The van der Waals surface area contributed by atoms with Gasteiger partial charge in [0, 0.05) is 26.9 Å². The van der Waals surface area contributed by atoms with Crippen LogP contribution in [-0.4, -0.2) is 16.2 Å². The number of aliphatic hydroxyl groups excluding tert-OH is 1. The van der Waals surface area contributed by atoms with Gasteiger partial charge in [-0.1, -0.05) is 12.2 Å². The van der Waals surface area contributed by atoms with Gasteiger partial charge in [-0.2, -0.15) is 0 Å². The van der Waals surface area contributed by atoms with Crippen LogP contribution >= 0.6 is 31.9 Å². The summed E-state index contributed by atoms with van der Waals surface area (Å²) in [7, 11) is 0. The number of pyridine rings is 1. The van der Waals surface area contributed by atoms with Crippen LogP contribution in [0.15, 0.2) is 27.4 Å². The maximum absolute atomic E-state index is 9.06. The fourth-order valence-corrected chi connectivity index (χ4v) is 2.01. The van der Waals surface area contributed by atoms with E-state index in [4.69, 9.17) is 5.11 Å². The second-order valence-corrected chi connectivity index (χ2v) is 4.33. The Hall–Kier alpha value is -0.190. The van der Waals surface area contributed by atoms with Gasteiger partial charge in [0.2, 0.25) is 0 Å². The van der Waals surface area contributed by atoms with Gasteiger partial charge in [-0.25, -0.2) is 0 Å². The molecule has 70 valence electrons. The zero-order valence-electron chi connectivity index (χ0n) is 7.04. The normalized spacial score (nSPS) is 13.5. The standard InChI is InChI=1S/C9H9Br2NO/c1-6(13)2-3-7-8(10)4-12-5-9(7)11/h2-6,13H,1H3/b3-2+. The zero-order valence-corrected chi connectivity index (χ0v) is 10.2. The van der Waals surface area contributed by atoms with E-state index in [0.717, 1.165) is 14.5 Å². The average molecular weight is 307 g/mol. The van der Waals surface area contributed by atoms with Gasteiger partial charge in [-0.05, 0) is 38.8 Å². The van der Waals surface area contributed by atoms with E-state index < -0.39 is 6.10 Å². The summed E-state index contributed by atoms with van der Waals surface area (Å²) in [6.07, 6.45) is 6.55. The molecule has 4 heteroatoms. The smallest absolute Gasteiger partial charge is 0.0696 e. The van der Waals surface area contributed by atoms with Crippen molar-refractivity contribution in [1.29, 1.82) is 0 Å². The first-order chi connectivity index (χ1) is 6.11. The van der Waals surface area contributed by atoms with Crippen molar-refractivity contribution in [1.82, 2.24) is 4.98 Å². The van der Waals surface area contributed by atoms with Gasteiger partial charge in [-0.15, -0.1) is 0 Å². The van der Waals surface area contributed by atoms with Crippen molar-refractivity contribution in [2.24, 2.45) is 0 Å². The first-order valence-corrected chi connectivity index (χ1v) is 5.35. The second kappa shape index (κ2) is 4.88. The maximum atomic E-state index is 9.06. The minimum Gasteiger partial charge on any atom is -0.389 e. The number of nitrogens with zero attached hydrogens (tertiary/aromatic N) is 1. The Labute approximate surface area is 94.0 Å². The highest BCUT2D eigenvalue weighted by Crippen LogP contribution is 2.25. The number of hydrogen-bond acceptors (Lipinski definition) is 2. The van der Waals surface area contributed by atoms with Gasteiger partial charge in [0.15, 0.2) is 0 Å². The molecule has 1 aromatic heterocycles. The Balaban J connectivity index is 3.00. The highest BCUT2D eigenvalue weighted by atomic mass is 79.9. The predicted molar refractivity (Wildman–Crippen MR) is 60.4 cm³/mol. The molecule has 0 aliphatic carbocycles. The van der Waals surface area contributed by atoms with Gasteiger partial charge >= 0.3 is 0 Å². The van der Waals surface area contributed by atoms with Crippen LogP contribution < -0.4 is 0 Å². The van der Waals surface area contributed by atoms with Crippen LogP contribution in [0.1, 0.15) is 12.5 Å². The lowest BCUT2D eigenvalue weighted by Crippen LogP contribution is -1.92. The summed E-state index contributed by atoms with van der Waals surface area (Å²) in [4.78, 5) is 3.98. The van der Waals surface area contributed by atoms with Gasteiger partial charge in [0.25, 0.3) is 0 Å². The molecular weight excluding hydrogens is 298 g/mol. The molecule has 0 amide bonds. The third-order valence-corrected chi connectivity index (χ3v) is 2.70. The fourth-order valence-electron chi connectivity index (χ4n) is 0.816. The summed E-state index contributed by atoms with van der Waals surface area (Å²) in [5.41, 5.74) is 0.982. The van der Waals surface area contributed by atoms with Crippen molar-refractivity contribution < 1.29 is 5.11 Å². The van der Waals surface area contributed by atoms with Crippen LogP contribution in [0, 0.1) is 0 Å². The second-order valence-electron chi connectivity index (χ2n) is 2.62. The Kier molecular flexibility index (Phi) is 4.09. The molecule has 1 N–H and O–H groups in total. The molecule has 1 unspecified atom stereocenters. The Bertz CT molecular complexity index is 303. The molecule has 0 radical (unpaired) electrons. The van der Waals surface area contributed by atoms with Crippen LogP contribution in [0.4, 0.5) is 0 Å². The van der Waals surface area contributed by atoms with Gasteiger partial charge < -0.3 is 5.11 Å². The molecule has 1 heterocycles. The largest absolute Gasteiger partial charge is 0.389 e. The van der Waals surface area contributed by atoms with Gasteiger partial charge in [-0.3, -0.25) is 4.98 Å².